The molecule has 6 aliphatic heterocycles. The van der Waals surface area contributed by atoms with Crippen LogP contribution in [0, 0.1) is 0 Å². The summed E-state index contributed by atoms with van der Waals surface area (Å²) in [6, 6.07) is 9.67. The van der Waals surface area contributed by atoms with E-state index in [1.165, 1.54) is 11.3 Å². The number of alkyl halides is 2. The molecule has 17 heteroatoms. The number of carbonyl (C=O) groups excluding carboxylic acids is 6. The van der Waals surface area contributed by atoms with Crippen LogP contribution in [0.15, 0.2) is 41.8 Å². The number of nitrogens with zero attached hydrogens (tertiary/aromatic N) is 7. The maximum atomic E-state index is 14.6. The fourth-order valence-electron chi connectivity index (χ4n) is 10.1. The fraction of sp³-hybridized carbons (Fsp3) is 0.432. The standard InChI is InChI=1S/C44H44F2N8O6S/c1-24(55)51-14-10-34-33(22-51)41(52-11-2-4-25-16-29(37-5-3-15-61-37)30(40(45)46)19-36(25)52)48-54(34)28-8-12-50(13-9-28)39(57)23-49-20-26-17-31-32(18-27(26)21-49)44(60)53(43(31)59)35-6-7-38(56)47-42(35)58/h3,5,15-19,28,35,40H,2,4,6-14,20-23H2,1H3,(H,47,56,58). The van der Waals surface area contributed by atoms with Crippen molar-refractivity contribution < 1.29 is 37.5 Å². The van der Waals surface area contributed by atoms with Crippen LogP contribution in [0.25, 0.3) is 10.4 Å². The van der Waals surface area contributed by atoms with Crippen LogP contribution in [0.5, 0.6) is 0 Å². The summed E-state index contributed by atoms with van der Waals surface area (Å²) in [6.07, 6.45) is 1.04. The molecule has 8 heterocycles. The van der Waals surface area contributed by atoms with Crippen molar-refractivity contribution in [3.63, 3.8) is 0 Å². The Morgan fingerprint density at radius 3 is 2.23 bits per heavy atom. The number of amides is 6. The summed E-state index contributed by atoms with van der Waals surface area (Å²) >= 11 is 1.45. The molecule has 0 spiro atoms. The fourth-order valence-corrected chi connectivity index (χ4v) is 10.9. The molecule has 2 saturated heterocycles. The van der Waals surface area contributed by atoms with Gasteiger partial charge in [0.2, 0.25) is 23.6 Å². The summed E-state index contributed by atoms with van der Waals surface area (Å²) in [6.45, 7) is 5.19. The number of anilines is 2. The van der Waals surface area contributed by atoms with Gasteiger partial charge in [-0.2, -0.15) is 5.10 Å². The van der Waals surface area contributed by atoms with Gasteiger partial charge >= 0.3 is 0 Å². The second-order valence-corrected chi connectivity index (χ2v) is 17.8. The summed E-state index contributed by atoms with van der Waals surface area (Å²) in [4.78, 5) is 86.8. The Bertz CT molecular complexity index is 2490. The molecule has 0 bridgehead atoms. The number of imide groups is 2. The number of nitrogens with one attached hydrogen (secondary N) is 1. The SMILES string of the molecule is CC(=O)N1CCc2c(c(N3CCCc4cc(-c5cccs5)c(C(F)F)cc43)nn2C2CCN(C(=O)CN3Cc4cc5c(cc4C3)C(=O)N(C3CCC(=O)NC3=O)C5=O)CC2)C1. The molecule has 0 radical (unpaired) electrons. The van der Waals surface area contributed by atoms with E-state index < -0.39 is 36.1 Å². The Balaban J connectivity index is 0.835. The summed E-state index contributed by atoms with van der Waals surface area (Å²) in [7, 11) is 0. The molecule has 61 heavy (non-hydrogen) atoms. The van der Waals surface area contributed by atoms with Crippen molar-refractivity contribution in [3.05, 3.63) is 86.4 Å². The van der Waals surface area contributed by atoms with E-state index in [9.17, 15) is 37.5 Å². The molecule has 0 aliphatic carbocycles. The number of aryl methyl sites for hydroxylation is 1. The molecule has 2 aromatic carbocycles. The predicted octanol–water partition coefficient (Wildman–Crippen LogP) is 5.12. The normalized spacial score (nSPS) is 20.6. The third-order valence-corrected chi connectivity index (χ3v) is 14.1. The highest BCUT2D eigenvalue weighted by atomic mass is 32.1. The van der Waals surface area contributed by atoms with Crippen molar-refractivity contribution in [2.75, 3.05) is 37.6 Å². The lowest BCUT2D eigenvalue weighted by atomic mass is 9.94. The van der Waals surface area contributed by atoms with Crippen LogP contribution in [-0.4, -0.2) is 104 Å². The van der Waals surface area contributed by atoms with Crippen LogP contribution < -0.4 is 10.2 Å². The zero-order chi connectivity index (χ0) is 42.3. The summed E-state index contributed by atoms with van der Waals surface area (Å²) in [5.41, 5.74) is 6.44. The number of piperidine rings is 2. The third-order valence-electron chi connectivity index (χ3n) is 13.2. The van der Waals surface area contributed by atoms with E-state index in [1.54, 1.807) is 25.1 Å². The third kappa shape index (κ3) is 6.81. The van der Waals surface area contributed by atoms with Crippen molar-refractivity contribution in [3.8, 4) is 10.4 Å². The summed E-state index contributed by atoms with van der Waals surface area (Å²) in [5, 5.41) is 9.37. The number of halogens is 2. The molecule has 2 fully saturated rings. The van der Waals surface area contributed by atoms with Gasteiger partial charge in [-0.05, 0) is 84.5 Å². The number of rotatable bonds is 7. The lowest BCUT2D eigenvalue weighted by Gasteiger charge is -2.34. The van der Waals surface area contributed by atoms with Gasteiger partial charge in [0.15, 0.2) is 5.82 Å². The van der Waals surface area contributed by atoms with Crippen LogP contribution in [-0.2, 0) is 51.7 Å². The maximum absolute atomic E-state index is 14.6. The largest absolute Gasteiger partial charge is 0.341 e. The smallest absolute Gasteiger partial charge is 0.264 e. The van der Waals surface area contributed by atoms with Gasteiger partial charge in [0, 0.05) is 92.0 Å². The number of likely N-dealkylation sites (tertiary alicyclic amines) is 1. The van der Waals surface area contributed by atoms with Crippen LogP contribution in [0.2, 0.25) is 0 Å². The molecule has 10 rings (SSSR count). The Morgan fingerprint density at radius 1 is 0.852 bits per heavy atom. The summed E-state index contributed by atoms with van der Waals surface area (Å²) in [5.74, 6) is -1.53. The number of hydrogen-bond donors (Lipinski definition) is 1. The number of benzene rings is 2. The summed E-state index contributed by atoms with van der Waals surface area (Å²) < 4.78 is 31.4. The molecule has 4 aromatic rings. The molecule has 1 atom stereocenters. The molecule has 2 aromatic heterocycles. The molecule has 0 saturated carbocycles. The average Bonchev–Trinajstić information content (AvgIpc) is 4.05. The van der Waals surface area contributed by atoms with Gasteiger partial charge < -0.3 is 14.7 Å². The molecule has 6 amide bonds. The molecule has 1 N–H and O–H groups in total. The lowest BCUT2D eigenvalue weighted by molar-refractivity contribution is -0.136. The first-order chi connectivity index (χ1) is 29.4. The average molecular weight is 851 g/mol. The number of fused-ring (bicyclic) bond motifs is 4. The van der Waals surface area contributed by atoms with E-state index in [0.717, 1.165) is 56.3 Å². The van der Waals surface area contributed by atoms with Crippen LogP contribution >= 0.6 is 11.3 Å². The Morgan fingerprint density at radius 2 is 1.57 bits per heavy atom. The number of aromatic nitrogens is 2. The van der Waals surface area contributed by atoms with Crippen LogP contribution in [0.4, 0.5) is 20.3 Å². The zero-order valence-corrected chi connectivity index (χ0v) is 34.4. The molecule has 14 nitrogen and oxygen atoms in total. The minimum atomic E-state index is -2.66. The highest BCUT2D eigenvalue weighted by Crippen LogP contribution is 2.44. The Labute approximate surface area is 354 Å². The van der Waals surface area contributed by atoms with Crippen molar-refractivity contribution in [1.29, 1.82) is 0 Å². The van der Waals surface area contributed by atoms with Gasteiger partial charge in [-0.3, -0.25) is 48.6 Å². The van der Waals surface area contributed by atoms with E-state index in [1.807, 2.05) is 38.3 Å². The Kier molecular flexibility index (Phi) is 9.85. The van der Waals surface area contributed by atoms with Crippen molar-refractivity contribution in [2.45, 2.75) is 90.0 Å². The Hall–Kier alpha value is -5.81. The van der Waals surface area contributed by atoms with Crippen LogP contribution in [0.1, 0.15) is 106 Å². The van der Waals surface area contributed by atoms with Crippen LogP contribution in [0.3, 0.4) is 0 Å². The van der Waals surface area contributed by atoms with Gasteiger partial charge in [0.05, 0.1) is 30.3 Å². The molecule has 316 valence electrons. The van der Waals surface area contributed by atoms with E-state index in [4.69, 9.17) is 5.10 Å². The molecule has 1 unspecified atom stereocenters. The van der Waals surface area contributed by atoms with Gasteiger partial charge in [-0.25, -0.2) is 8.78 Å². The van der Waals surface area contributed by atoms with Gasteiger partial charge in [-0.15, -0.1) is 11.3 Å². The molecular weight excluding hydrogens is 807 g/mol. The predicted molar refractivity (Wildman–Crippen MR) is 219 cm³/mol. The van der Waals surface area contributed by atoms with E-state index >= 15 is 0 Å². The van der Waals surface area contributed by atoms with E-state index in [-0.39, 0.29) is 53.9 Å². The maximum Gasteiger partial charge on any atom is 0.264 e. The van der Waals surface area contributed by atoms with Gasteiger partial charge in [0.25, 0.3) is 18.2 Å². The van der Waals surface area contributed by atoms with Gasteiger partial charge in [0.1, 0.15) is 6.04 Å². The van der Waals surface area contributed by atoms with Crippen molar-refractivity contribution in [1.82, 2.24) is 34.7 Å². The number of hydrogen-bond acceptors (Lipinski definition) is 10. The second kappa shape index (κ2) is 15.3. The zero-order valence-electron chi connectivity index (χ0n) is 33.6. The quantitative estimate of drug-likeness (QED) is 0.251. The van der Waals surface area contributed by atoms with E-state index in [2.05, 4.69) is 14.9 Å². The van der Waals surface area contributed by atoms with Crippen molar-refractivity contribution >= 4 is 58.3 Å². The second-order valence-electron chi connectivity index (χ2n) is 16.9. The first-order valence-corrected chi connectivity index (χ1v) is 21.8. The lowest BCUT2D eigenvalue weighted by Crippen LogP contribution is -2.54. The van der Waals surface area contributed by atoms with Crippen molar-refractivity contribution in [2.24, 2.45) is 0 Å². The highest BCUT2D eigenvalue weighted by Gasteiger charge is 2.46. The highest BCUT2D eigenvalue weighted by molar-refractivity contribution is 7.13. The van der Waals surface area contributed by atoms with Gasteiger partial charge in [-0.1, -0.05) is 6.07 Å². The monoisotopic (exact) mass is 850 g/mol. The minimum Gasteiger partial charge on any atom is -0.341 e. The first-order valence-electron chi connectivity index (χ1n) is 20.9. The number of thiophene rings is 1. The molecular formula is C44H44F2N8O6S. The molecule has 6 aliphatic rings. The number of carbonyl (C=O) groups is 6. The first kappa shape index (κ1) is 39.3. The topological polar surface area (TPSA) is 148 Å². The van der Waals surface area contributed by atoms with E-state index in [0.29, 0.717) is 76.5 Å². The minimum absolute atomic E-state index is 0.00533.